The molecule has 5 nitrogen and oxygen atoms in total. The van der Waals surface area contributed by atoms with E-state index >= 15 is 0 Å². The highest BCUT2D eigenvalue weighted by atomic mass is 32.1. The first kappa shape index (κ1) is 14.1. The van der Waals surface area contributed by atoms with Gasteiger partial charge in [0.25, 0.3) is 5.91 Å². The molecule has 1 amide bonds. The lowest BCUT2D eigenvalue weighted by atomic mass is 10.1. The highest BCUT2D eigenvalue weighted by molar-refractivity contribution is 7.14. The van der Waals surface area contributed by atoms with E-state index in [1.807, 2.05) is 42.6 Å². The Bertz CT molecular complexity index is 634. The third-order valence-electron chi connectivity index (χ3n) is 2.64. The average molecular weight is 288 g/mol. The summed E-state index contributed by atoms with van der Waals surface area (Å²) in [5.41, 5.74) is 8.12. The van der Waals surface area contributed by atoms with Gasteiger partial charge in [-0.1, -0.05) is 12.1 Å². The van der Waals surface area contributed by atoms with Crippen LogP contribution in [0.2, 0.25) is 0 Å². The summed E-state index contributed by atoms with van der Waals surface area (Å²) in [7, 11) is 3.98. The van der Waals surface area contributed by atoms with E-state index in [9.17, 15) is 4.79 Å². The van der Waals surface area contributed by atoms with Crippen LogP contribution in [0.3, 0.4) is 0 Å². The number of hydrogen-bond acceptors (Lipinski definition) is 5. The molecule has 0 aliphatic carbocycles. The van der Waals surface area contributed by atoms with Gasteiger partial charge in [0, 0.05) is 36.8 Å². The van der Waals surface area contributed by atoms with Crippen LogP contribution in [0.5, 0.6) is 0 Å². The Morgan fingerprint density at radius 2 is 2.25 bits per heavy atom. The lowest BCUT2D eigenvalue weighted by Crippen LogP contribution is -2.08. The number of nitrogens with one attached hydrogen (secondary N) is 1. The van der Waals surface area contributed by atoms with Crippen LogP contribution < -0.4 is 16.0 Å². The van der Waals surface area contributed by atoms with Gasteiger partial charge >= 0.3 is 0 Å². The van der Waals surface area contributed by atoms with Gasteiger partial charge in [-0.2, -0.15) is 0 Å². The molecule has 3 N–H and O–H groups in total. The minimum atomic E-state index is -0.282. The van der Waals surface area contributed by atoms with Crippen molar-refractivity contribution in [3.05, 3.63) is 41.9 Å². The van der Waals surface area contributed by atoms with Crippen molar-refractivity contribution >= 4 is 28.1 Å². The highest BCUT2D eigenvalue weighted by Crippen LogP contribution is 2.27. The molecule has 0 spiro atoms. The molecule has 1 aromatic carbocycles. The van der Waals surface area contributed by atoms with Gasteiger partial charge in [-0.05, 0) is 18.3 Å². The zero-order chi connectivity index (χ0) is 14.5. The van der Waals surface area contributed by atoms with E-state index in [0.717, 1.165) is 16.9 Å². The Labute approximate surface area is 121 Å². The molecular formula is C14H16N4OS. The fraction of sp³-hybridized carbons (Fsp3) is 0.143. The van der Waals surface area contributed by atoms with Crippen molar-refractivity contribution in [1.29, 1.82) is 0 Å². The van der Waals surface area contributed by atoms with Gasteiger partial charge in [0.05, 0.1) is 5.69 Å². The molecule has 6 heteroatoms. The average Bonchev–Trinajstić information content (AvgIpc) is 2.87. The van der Waals surface area contributed by atoms with Crippen molar-refractivity contribution in [2.24, 2.45) is 5.73 Å². The molecule has 0 radical (unpaired) electrons. The van der Waals surface area contributed by atoms with Crippen LogP contribution in [0, 0.1) is 0 Å². The molecule has 2 aromatic rings. The predicted octanol–water partition coefficient (Wildman–Crippen LogP) is 2.29. The molecule has 0 aliphatic heterocycles. The third-order valence-corrected chi connectivity index (χ3v) is 3.40. The Kier molecular flexibility index (Phi) is 4.37. The first-order valence-electron chi connectivity index (χ1n) is 6.02. The fourth-order valence-corrected chi connectivity index (χ4v) is 2.36. The summed E-state index contributed by atoms with van der Waals surface area (Å²) >= 11 is 1.38. The van der Waals surface area contributed by atoms with Crippen LogP contribution in [-0.4, -0.2) is 25.0 Å². The monoisotopic (exact) mass is 288 g/mol. The van der Waals surface area contributed by atoms with Crippen molar-refractivity contribution in [2.45, 2.75) is 0 Å². The number of carbonyl (C=O) groups excluding carboxylic acids is 1. The van der Waals surface area contributed by atoms with E-state index < -0.39 is 0 Å². The first-order valence-corrected chi connectivity index (χ1v) is 6.90. The Hall–Kier alpha value is -2.34. The second-order valence-electron chi connectivity index (χ2n) is 4.33. The molecule has 0 aliphatic rings. The molecule has 0 saturated heterocycles. The molecule has 104 valence electrons. The minimum Gasteiger partial charge on any atom is -0.404 e. The standard InChI is InChI=1S/C14H16N4OS/c1-18(2)11-5-3-4-10(8-11)12-9-20-14(16-12)17-13(19)6-7-15/h3-9H,15H2,1-2H3,(H,16,17,19). The van der Waals surface area contributed by atoms with Gasteiger partial charge in [0.2, 0.25) is 0 Å². The highest BCUT2D eigenvalue weighted by Gasteiger charge is 2.07. The topological polar surface area (TPSA) is 71.2 Å². The van der Waals surface area contributed by atoms with Crippen LogP contribution in [0.25, 0.3) is 11.3 Å². The van der Waals surface area contributed by atoms with E-state index in [4.69, 9.17) is 5.73 Å². The summed E-state index contributed by atoms with van der Waals surface area (Å²) in [6.07, 6.45) is 2.46. The van der Waals surface area contributed by atoms with Gasteiger partial charge in [-0.3, -0.25) is 10.1 Å². The number of thiazole rings is 1. The summed E-state index contributed by atoms with van der Waals surface area (Å²) in [5.74, 6) is -0.282. The van der Waals surface area contributed by atoms with Crippen LogP contribution in [0.1, 0.15) is 0 Å². The predicted molar refractivity (Wildman–Crippen MR) is 83.8 cm³/mol. The van der Waals surface area contributed by atoms with Gasteiger partial charge in [-0.15, -0.1) is 11.3 Å². The molecule has 1 aromatic heterocycles. The van der Waals surface area contributed by atoms with E-state index in [1.54, 1.807) is 0 Å². The Morgan fingerprint density at radius 3 is 2.95 bits per heavy atom. The van der Waals surface area contributed by atoms with E-state index in [-0.39, 0.29) is 5.91 Å². The molecule has 0 fully saturated rings. The maximum atomic E-state index is 11.4. The van der Waals surface area contributed by atoms with E-state index in [2.05, 4.69) is 16.4 Å². The molecule has 20 heavy (non-hydrogen) atoms. The molecule has 0 unspecified atom stereocenters. The van der Waals surface area contributed by atoms with Crippen molar-refractivity contribution in [2.75, 3.05) is 24.3 Å². The van der Waals surface area contributed by atoms with Crippen molar-refractivity contribution in [3.8, 4) is 11.3 Å². The zero-order valence-corrected chi connectivity index (χ0v) is 12.1. The number of aromatic nitrogens is 1. The number of hydrogen-bond donors (Lipinski definition) is 2. The van der Waals surface area contributed by atoms with E-state index in [0.29, 0.717) is 5.13 Å². The second-order valence-corrected chi connectivity index (χ2v) is 5.19. The molecule has 1 heterocycles. The summed E-state index contributed by atoms with van der Waals surface area (Å²) in [6.45, 7) is 0. The van der Waals surface area contributed by atoms with Crippen molar-refractivity contribution in [3.63, 3.8) is 0 Å². The van der Waals surface area contributed by atoms with Gasteiger partial charge < -0.3 is 10.6 Å². The lowest BCUT2D eigenvalue weighted by Gasteiger charge is -2.12. The number of nitrogens with zero attached hydrogens (tertiary/aromatic N) is 2. The van der Waals surface area contributed by atoms with Crippen molar-refractivity contribution in [1.82, 2.24) is 4.98 Å². The number of carbonyl (C=O) groups is 1. The fourth-order valence-electron chi connectivity index (χ4n) is 1.64. The molecule has 0 bridgehead atoms. The smallest absolute Gasteiger partial charge is 0.251 e. The molecule has 0 saturated carbocycles. The lowest BCUT2D eigenvalue weighted by molar-refractivity contribution is -0.111. The quantitative estimate of drug-likeness (QED) is 0.847. The molecular weight excluding hydrogens is 272 g/mol. The molecule has 0 atom stereocenters. The zero-order valence-electron chi connectivity index (χ0n) is 11.3. The van der Waals surface area contributed by atoms with Crippen LogP contribution in [0.15, 0.2) is 41.9 Å². The van der Waals surface area contributed by atoms with Crippen LogP contribution in [-0.2, 0) is 4.79 Å². The Morgan fingerprint density at radius 1 is 1.45 bits per heavy atom. The van der Waals surface area contributed by atoms with Gasteiger partial charge in [0.15, 0.2) is 5.13 Å². The SMILES string of the molecule is CN(C)c1cccc(-c2csc(NC(=O)C=CN)n2)c1. The van der Waals surface area contributed by atoms with E-state index in [1.165, 1.54) is 23.6 Å². The van der Waals surface area contributed by atoms with Crippen LogP contribution >= 0.6 is 11.3 Å². The van der Waals surface area contributed by atoms with Gasteiger partial charge in [-0.25, -0.2) is 4.98 Å². The normalized spacial score (nSPS) is 10.7. The summed E-state index contributed by atoms with van der Waals surface area (Å²) < 4.78 is 0. The second kappa shape index (κ2) is 6.21. The van der Waals surface area contributed by atoms with Gasteiger partial charge in [0.1, 0.15) is 0 Å². The largest absolute Gasteiger partial charge is 0.404 e. The summed E-state index contributed by atoms with van der Waals surface area (Å²) in [4.78, 5) is 17.8. The summed E-state index contributed by atoms with van der Waals surface area (Å²) in [5, 5.41) is 5.13. The number of rotatable bonds is 4. The third kappa shape index (κ3) is 3.36. The Balaban J connectivity index is 2.20. The summed E-state index contributed by atoms with van der Waals surface area (Å²) in [6, 6.07) is 8.07. The van der Waals surface area contributed by atoms with Crippen LogP contribution in [0.4, 0.5) is 10.8 Å². The first-order chi connectivity index (χ1) is 9.60. The molecule has 2 rings (SSSR count). The maximum absolute atomic E-state index is 11.4. The number of benzene rings is 1. The number of anilines is 2. The maximum Gasteiger partial charge on any atom is 0.251 e. The van der Waals surface area contributed by atoms with Crippen molar-refractivity contribution < 1.29 is 4.79 Å². The minimum absolute atomic E-state index is 0.282. The number of amides is 1. The number of nitrogens with two attached hydrogens (primary N) is 1.